The highest BCUT2D eigenvalue weighted by atomic mass is 16.3. The monoisotopic (exact) mass is 584 g/mol. The predicted octanol–water partition coefficient (Wildman–Crippen LogP) is -0.187. The van der Waals surface area contributed by atoms with E-state index in [0.717, 1.165) is 0 Å². The molecule has 0 aromatic carbocycles. The molecule has 8 atom stereocenters. The molecule has 0 aliphatic carbocycles. The number of Topliss-reactive ketones (excluding diaryl/α,β-unsaturated/α-hetero) is 4. The van der Waals surface area contributed by atoms with E-state index in [1.165, 1.54) is 27.7 Å². The minimum Gasteiger partial charge on any atom is -0.390 e. The Morgan fingerprint density at radius 2 is 0.425 bits per heavy atom. The zero-order chi connectivity index (χ0) is 33.2. The first kappa shape index (κ1) is 45.4. The highest BCUT2D eigenvalue weighted by Crippen LogP contribution is 2.08. The second kappa shape index (κ2) is 23.0. The molecule has 0 aliphatic heterocycles. The molecule has 12 heteroatoms. The summed E-state index contributed by atoms with van der Waals surface area (Å²) in [6.07, 6.45) is -8.62. The summed E-state index contributed by atoms with van der Waals surface area (Å²) in [6, 6.07) is 0. The molecule has 0 fully saturated rings. The van der Waals surface area contributed by atoms with Crippen LogP contribution in [0, 0.1) is 23.7 Å². The molecule has 0 rings (SSSR count). The fourth-order valence-electron chi connectivity index (χ4n) is 2.42. The Bertz CT molecular complexity index is 600. The van der Waals surface area contributed by atoms with Crippen molar-refractivity contribution in [2.75, 3.05) is 0 Å². The Balaban J connectivity index is -0.000000216. The molecule has 0 spiro atoms. The van der Waals surface area contributed by atoms with Gasteiger partial charge < -0.3 is 40.9 Å². The van der Waals surface area contributed by atoms with Crippen molar-refractivity contribution < 1.29 is 60.0 Å². The Labute approximate surface area is 239 Å². The number of rotatable bonds is 12. The fourth-order valence-corrected chi connectivity index (χ4v) is 2.42. The first-order valence-corrected chi connectivity index (χ1v) is 13.3. The van der Waals surface area contributed by atoms with Crippen molar-refractivity contribution in [3.8, 4) is 0 Å². The molecule has 0 amide bonds. The van der Waals surface area contributed by atoms with Crippen molar-refractivity contribution in [1.82, 2.24) is 0 Å². The Morgan fingerprint density at radius 1 is 0.325 bits per heavy atom. The van der Waals surface area contributed by atoms with Gasteiger partial charge in [0.25, 0.3) is 0 Å². The van der Waals surface area contributed by atoms with Crippen LogP contribution < -0.4 is 0 Å². The van der Waals surface area contributed by atoms with E-state index < -0.39 is 48.8 Å². The summed E-state index contributed by atoms with van der Waals surface area (Å²) in [5, 5.41) is 72.2. The third-order valence-corrected chi connectivity index (χ3v) is 5.69. The number of carbonyl (C=O) groups is 4. The van der Waals surface area contributed by atoms with Crippen LogP contribution in [-0.2, 0) is 19.2 Å². The number of ketones is 4. The summed E-state index contributed by atoms with van der Waals surface area (Å²) >= 11 is 0. The van der Waals surface area contributed by atoms with E-state index in [4.69, 9.17) is 40.9 Å². The summed E-state index contributed by atoms with van der Waals surface area (Å²) in [4.78, 5) is 41.9. The van der Waals surface area contributed by atoms with Crippen LogP contribution in [0.1, 0.15) is 83.1 Å². The number of aliphatic hydroxyl groups excluding tert-OH is 8. The molecule has 0 aliphatic rings. The summed E-state index contributed by atoms with van der Waals surface area (Å²) in [5.74, 6) is -1.89. The Morgan fingerprint density at radius 3 is 0.450 bits per heavy atom. The zero-order valence-corrected chi connectivity index (χ0v) is 26.1. The van der Waals surface area contributed by atoms with E-state index in [-0.39, 0.29) is 46.8 Å². The maximum Gasteiger partial charge on any atom is 0.160 e. The Kier molecular flexibility index (Phi) is 26.1. The smallest absolute Gasteiger partial charge is 0.160 e. The molecule has 0 unspecified atom stereocenters. The van der Waals surface area contributed by atoms with Crippen molar-refractivity contribution in [2.24, 2.45) is 23.7 Å². The molecule has 0 bridgehead atoms. The fraction of sp³-hybridized carbons (Fsp3) is 0.857. The van der Waals surface area contributed by atoms with Crippen LogP contribution in [0.2, 0.25) is 0 Å². The standard InChI is InChI=1S/4C7H14O3/c4*1-4(2)6(9)7(10)5(3)8/h4*4,6-7,9-10H,1-3H3/t2*6-,7+;2*6-,7-/m1010/s1. The summed E-state index contributed by atoms with van der Waals surface area (Å²) < 4.78 is 0. The van der Waals surface area contributed by atoms with E-state index in [2.05, 4.69) is 0 Å². The van der Waals surface area contributed by atoms with Gasteiger partial charge in [0.1, 0.15) is 24.4 Å². The van der Waals surface area contributed by atoms with Crippen LogP contribution in [0.3, 0.4) is 0 Å². The average Bonchev–Trinajstić information content (AvgIpc) is 2.85. The van der Waals surface area contributed by atoms with Crippen molar-refractivity contribution in [3.63, 3.8) is 0 Å². The lowest BCUT2D eigenvalue weighted by atomic mass is 10.00. The van der Waals surface area contributed by atoms with Crippen LogP contribution >= 0.6 is 0 Å². The molecule has 240 valence electrons. The van der Waals surface area contributed by atoms with Crippen LogP contribution in [0.5, 0.6) is 0 Å². The maximum atomic E-state index is 10.5. The maximum absolute atomic E-state index is 10.5. The lowest BCUT2D eigenvalue weighted by molar-refractivity contribution is -0.133. The molecule has 0 saturated carbocycles. The highest BCUT2D eigenvalue weighted by Gasteiger charge is 2.25. The van der Waals surface area contributed by atoms with Gasteiger partial charge in [-0.3, -0.25) is 19.2 Å². The van der Waals surface area contributed by atoms with Crippen molar-refractivity contribution >= 4 is 23.1 Å². The molecule has 0 saturated heterocycles. The minimum absolute atomic E-state index is 0.0844. The third kappa shape index (κ3) is 21.2. The zero-order valence-electron chi connectivity index (χ0n) is 26.1. The number of hydrogen-bond acceptors (Lipinski definition) is 12. The van der Waals surface area contributed by atoms with E-state index in [1.807, 2.05) is 0 Å². The average molecular weight is 585 g/mol. The molecule has 0 aromatic rings. The van der Waals surface area contributed by atoms with Gasteiger partial charge in [0, 0.05) is 0 Å². The Hall–Kier alpha value is -1.64. The molecule has 0 heterocycles. The topological polar surface area (TPSA) is 230 Å². The second-order valence-electron chi connectivity index (χ2n) is 11.2. The number of carbonyl (C=O) groups excluding carboxylic acids is 4. The molecule has 40 heavy (non-hydrogen) atoms. The quantitative estimate of drug-likeness (QED) is 0.149. The van der Waals surface area contributed by atoms with Crippen LogP contribution in [0.15, 0.2) is 0 Å². The molecular formula is C28H56O12. The van der Waals surface area contributed by atoms with Gasteiger partial charge in [-0.05, 0) is 51.4 Å². The highest BCUT2D eigenvalue weighted by molar-refractivity contribution is 5.81. The van der Waals surface area contributed by atoms with Gasteiger partial charge in [-0.15, -0.1) is 0 Å². The first-order chi connectivity index (χ1) is 17.9. The lowest BCUT2D eigenvalue weighted by Gasteiger charge is -2.17. The van der Waals surface area contributed by atoms with Gasteiger partial charge in [0.2, 0.25) is 0 Å². The van der Waals surface area contributed by atoms with Gasteiger partial charge in [-0.1, -0.05) is 55.4 Å². The van der Waals surface area contributed by atoms with Gasteiger partial charge in [0.15, 0.2) is 23.1 Å². The molecule has 0 radical (unpaired) electrons. The summed E-state index contributed by atoms with van der Waals surface area (Å²) in [5.41, 5.74) is 0. The summed E-state index contributed by atoms with van der Waals surface area (Å²) in [7, 11) is 0. The van der Waals surface area contributed by atoms with Gasteiger partial charge in [-0.25, -0.2) is 0 Å². The summed E-state index contributed by atoms with van der Waals surface area (Å²) in [6.45, 7) is 19.0. The van der Waals surface area contributed by atoms with E-state index in [9.17, 15) is 19.2 Å². The van der Waals surface area contributed by atoms with Crippen LogP contribution in [-0.4, -0.2) is 113 Å². The SMILES string of the molecule is CC(=O)[C@@H](O)[C@@H](O)C(C)C.CC(=O)[C@@H](O)[C@H](O)C(C)C.CC(=O)[C@H](O)[C@@H](O)C(C)C.CC(=O)[C@H](O)[C@H](O)C(C)C. The lowest BCUT2D eigenvalue weighted by Crippen LogP contribution is -2.35. The first-order valence-electron chi connectivity index (χ1n) is 13.3. The third-order valence-electron chi connectivity index (χ3n) is 5.69. The van der Waals surface area contributed by atoms with Crippen molar-refractivity contribution in [1.29, 1.82) is 0 Å². The van der Waals surface area contributed by atoms with Crippen molar-refractivity contribution in [3.05, 3.63) is 0 Å². The van der Waals surface area contributed by atoms with Crippen LogP contribution in [0.25, 0.3) is 0 Å². The van der Waals surface area contributed by atoms with Gasteiger partial charge >= 0.3 is 0 Å². The normalized spacial score (nSPS) is 17.0. The molecule has 12 nitrogen and oxygen atoms in total. The minimum atomic E-state index is -1.22. The van der Waals surface area contributed by atoms with E-state index >= 15 is 0 Å². The van der Waals surface area contributed by atoms with Crippen LogP contribution in [0.4, 0.5) is 0 Å². The molecule has 0 aromatic heterocycles. The number of hydrogen-bond donors (Lipinski definition) is 8. The second-order valence-corrected chi connectivity index (χ2v) is 11.2. The van der Waals surface area contributed by atoms with E-state index in [1.54, 1.807) is 55.4 Å². The van der Waals surface area contributed by atoms with Gasteiger partial charge in [-0.2, -0.15) is 0 Å². The predicted molar refractivity (Wildman–Crippen MR) is 150 cm³/mol. The molecular weight excluding hydrogens is 528 g/mol. The van der Waals surface area contributed by atoms with Crippen molar-refractivity contribution in [2.45, 2.75) is 132 Å². The largest absolute Gasteiger partial charge is 0.390 e. The van der Waals surface area contributed by atoms with Gasteiger partial charge in [0.05, 0.1) is 24.4 Å². The van der Waals surface area contributed by atoms with E-state index in [0.29, 0.717) is 0 Å². The number of aliphatic hydroxyl groups is 8. The molecule has 8 N–H and O–H groups in total.